The third-order valence-electron chi connectivity index (χ3n) is 5.25. The summed E-state index contributed by atoms with van der Waals surface area (Å²) in [6.07, 6.45) is 0. The molecule has 0 bridgehead atoms. The maximum atomic E-state index is 3.35. The van der Waals surface area contributed by atoms with Crippen LogP contribution >= 0.6 is 0 Å². The monoisotopic (exact) mass is 318 g/mol. The van der Waals surface area contributed by atoms with Gasteiger partial charge in [-0.05, 0) is 0 Å². The first-order valence-electron chi connectivity index (χ1n) is 8.00. The van der Waals surface area contributed by atoms with E-state index in [1.54, 1.807) is 0 Å². The standard InChI is InChI=1S/2C11H15.Mg/c2*1-7-6-8(2)10(4)11(5)9(7)3;/h2*1-5H3;/q2*-1;+2. The zero-order valence-corrected chi connectivity index (χ0v) is 18.1. The molecule has 0 saturated heterocycles. The van der Waals surface area contributed by atoms with E-state index in [-0.39, 0.29) is 23.1 Å². The van der Waals surface area contributed by atoms with Gasteiger partial charge in [-0.1, -0.05) is 69.2 Å². The molecule has 0 aliphatic carbocycles. The molecule has 1 heteroatoms. The Bertz CT molecular complexity index is 580. The van der Waals surface area contributed by atoms with Crippen molar-refractivity contribution in [3.8, 4) is 0 Å². The van der Waals surface area contributed by atoms with Crippen LogP contribution in [-0.4, -0.2) is 23.1 Å². The summed E-state index contributed by atoms with van der Waals surface area (Å²) in [5.41, 5.74) is 13.5. The number of rotatable bonds is 0. The minimum Gasteiger partial charge on any atom is -0.177 e. The third-order valence-corrected chi connectivity index (χ3v) is 5.25. The molecule has 0 aliphatic heterocycles. The van der Waals surface area contributed by atoms with Gasteiger partial charge >= 0.3 is 23.1 Å². The van der Waals surface area contributed by atoms with E-state index in [0.717, 1.165) is 0 Å². The van der Waals surface area contributed by atoms with E-state index < -0.39 is 0 Å². The molecule has 0 radical (unpaired) electrons. The first-order valence-corrected chi connectivity index (χ1v) is 8.00. The number of benzene rings is 2. The molecule has 0 saturated carbocycles. The average molecular weight is 319 g/mol. The molecule has 120 valence electrons. The number of hydrogen-bond donors (Lipinski definition) is 0. The molecule has 0 spiro atoms. The quantitative estimate of drug-likeness (QED) is 0.433. The van der Waals surface area contributed by atoms with E-state index in [2.05, 4.69) is 81.4 Å². The summed E-state index contributed by atoms with van der Waals surface area (Å²) >= 11 is 0. The van der Waals surface area contributed by atoms with Crippen molar-refractivity contribution in [2.75, 3.05) is 0 Å². The van der Waals surface area contributed by atoms with Gasteiger partial charge in [-0.3, -0.25) is 0 Å². The molecular weight excluding hydrogens is 289 g/mol. The zero-order valence-electron chi connectivity index (χ0n) is 16.7. The Labute approximate surface area is 159 Å². The number of aryl methyl sites for hydroxylation is 4. The van der Waals surface area contributed by atoms with E-state index in [1.165, 1.54) is 55.6 Å². The maximum Gasteiger partial charge on any atom is 2.00 e. The van der Waals surface area contributed by atoms with Gasteiger partial charge in [0.2, 0.25) is 0 Å². The molecule has 0 unspecified atom stereocenters. The first kappa shape index (κ1) is 22.2. The summed E-state index contributed by atoms with van der Waals surface area (Å²) in [5.74, 6) is 0. The molecule has 0 N–H and O–H groups in total. The third kappa shape index (κ3) is 5.09. The molecule has 0 amide bonds. The molecule has 0 fully saturated rings. The van der Waals surface area contributed by atoms with Gasteiger partial charge in [-0.2, -0.15) is 67.8 Å². The largest absolute Gasteiger partial charge is 2.00 e. The summed E-state index contributed by atoms with van der Waals surface area (Å²) in [4.78, 5) is 0. The van der Waals surface area contributed by atoms with Crippen molar-refractivity contribution in [1.82, 2.24) is 0 Å². The summed E-state index contributed by atoms with van der Waals surface area (Å²) < 4.78 is 0. The van der Waals surface area contributed by atoms with Crippen molar-refractivity contribution in [3.05, 3.63) is 67.8 Å². The van der Waals surface area contributed by atoms with Gasteiger partial charge in [0.05, 0.1) is 0 Å². The fraction of sp³-hybridized carbons (Fsp3) is 0.455. The van der Waals surface area contributed by atoms with Crippen molar-refractivity contribution in [3.63, 3.8) is 0 Å². The Balaban J connectivity index is 0.000000403. The molecule has 2 aromatic carbocycles. The SMILES string of the molecule is Cc1[c-]c(C)c(C)c(C)c1C.Cc1[c-]c(C)c(C)c(C)c1C.[Mg+2]. The van der Waals surface area contributed by atoms with Gasteiger partial charge in [0.25, 0.3) is 0 Å². The smallest absolute Gasteiger partial charge is 0.177 e. The zero-order chi connectivity index (χ0) is 17.2. The topological polar surface area (TPSA) is 0 Å². The minimum atomic E-state index is 0. The molecule has 2 aromatic rings. The van der Waals surface area contributed by atoms with Gasteiger partial charge in [-0.25, -0.2) is 0 Å². The van der Waals surface area contributed by atoms with Crippen LogP contribution in [0.5, 0.6) is 0 Å². The average Bonchev–Trinajstić information content (AvgIpc) is 2.47. The fourth-order valence-corrected chi connectivity index (χ4v) is 2.62. The van der Waals surface area contributed by atoms with E-state index >= 15 is 0 Å². The normalized spacial score (nSPS) is 9.83. The molecule has 0 aliphatic rings. The van der Waals surface area contributed by atoms with Gasteiger partial charge in [0.1, 0.15) is 0 Å². The summed E-state index contributed by atoms with van der Waals surface area (Å²) in [5, 5.41) is 0. The van der Waals surface area contributed by atoms with Crippen LogP contribution in [-0.2, 0) is 0 Å². The Kier molecular flexibility index (Phi) is 8.58. The fourth-order valence-electron chi connectivity index (χ4n) is 2.62. The van der Waals surface area contributed by atoms with Crippen molar-refractivity contribution < 1.29 is 0 Å². The van der Waals surface area contributed by atoms with Crippen molar-refractivity contribution >= 4 is 23.1 Å². The Morgan fingerprint density at radius 3 is 0.696 bits per heavy atom. The van der Waals surface area contributed by atoms with Crippen LogP contribution < -0.4 is 0 Å². The first-order chi connectivity index (χ1) is 10.1. The van der Waals surface area contributed by atoms with Crippen LogP contribution in [0.15, 0.2) is 0 Å². The Hall–Kier alpha value is -0.794. The number of hydrogen-bond acceptors (Lipinski definition) is 0. The van der Waals surface area contributed by atoms with Gasteiger partial charge in [-0.15, -0.1) is 0 Å². The molecule has 23 heavy (non-hydrogen) atoms. The van der Waals surface area contributed by atoms with Crippen molar-refractivity contribution in [2.45, 2.75) is 69.2 Å². The van der Waals surface area contributed by atoms with Crippen LogP contribution in [0.2, 0.25) is 0 Å². The van der Waals surface area contributed by atoms with Gasteiger partial charge in [0, 0.05) is 0 Å². The minimum absolute atomic E-state index is 0. The maximum absolute atomic E-state index is 3.35. The summed E-state index contributed by atoms with van der Waals surface area (Å²) in [7, 11) is 0. The molecule has 0 nitrogen and oxygen atoms in total. The van der Waals surface area contributed by atoms with E-state index in [9.17, 15) is 0 Å². The van der Waals surface area contributed by atoms with Crippen LogP contribution in [0.1, 0.15) is 55.6 Å². The predicted molar refractivity (Wildman–Crippen MR) is 104 cm³/mol. The van der Waals surface area contributed by atoms with Crippen molar-refractivity contribution in [2.24, 2.45) is 0 Å². The Morgan fingerprint density at radius 1 is 0.348 bits per heavy atom. The van der Waals surface area contributed by atoms with Gasteiger partial charge < -0.3 is 0 Å². The van der Waals surface area contributed by atoms with E-state index in [1.807, 2.05) is 0 Å². The Morgan fingerprint density at radius 2 is 0.522 bits per heavy atom. The van der Waals surface area contributed by atoms with Gasteiger partial charge in [0.15, 0.2) is 0 Å². The molecule has 0 atom stereocenters. The van der Waals surface area contributed by atoms with Crippen LogP contribution in [0, 0.1) is 81.4 Å². The van der Waals surface area contributed by atoms with Crippen LogP contribution in [0.25, 0.3) is 0 Å². The second-order valence-electron chi connectivity index (χ2n) is 6.50. The van der Waals surface area contributed by atoms with E-state index in [0.29, 0.717) is 0 Å². The summed E-state index contributed by atoms with van der Waals surface area (Å²) in [6.45, 7) is 21.5. The molecule has 0 aromatic heterocycles. The van der Waals surface area contributed by atoms with Crippen molar-refractivity contribution in [1.29, 1.82) is 0 Å². The second kappa shape index (κ2) is 8.89. The molecule has 0 heterocycles. The molecular formula is C22H30Mg. The molecule has 2 rings (SSSR count). The predicted octanol–water partition coefficient (Wildman–Crippen LogP) is 5.68. The van der Waals surface area contributed by atoms with Crippen LogP contribution in [0.4, 0.5) is 0 Å². The summed E-state index contributed by atoms with van der Waals surface area (Å²) in [6, 6.07) is 6.70. The second-order valence-corrected chi connectivity index (χ2v) is 6.50. The van der Waals surface area contributed by atoms with E-state index in [4.69, 9.17) is 0 Å². The van der Waals surface area contributed by atoms with Crippen LogP contribution in [0.3, 0.4) is 0 Å².